The van der Waals surface area contributed by atoms with Gasteiger partial charge in [-0.1, -0.05) is 12.1 Å². The van der Waals surface area contributed by atoms with Crippen molar-refractivity contribution < 1.29 is 22.8 Å². The van der Waals surface area contributed by atoms with E-state index in [4.69, 9.17) is 5.73 Å². The van der Waals surface area contributed by atoms with Crippen molar-refractivity contribution in [2.75, 3.05) is 13.1 Å². The minimum Gasteiger partial charge on any atom is -0.367 e. The summed E-state index contributed by atoms with van der Waals surface area (Å²) < 4.78 is 38.6. The number of primary amides is 1. The Hall–Kier alpha value is -2.09. The van der Waals surface area contributed by atoms with Crippen LogP contribution < -0.4 is 16.4 Å². The van der Waals surface area contributed by atoms with Gasteiger partial charge < -0.3 is 16.4 Å². The summed E-state index contributed by atoms with van der Waals surface area (Å²) in [5.41, 5.74) is 2.75. The molecule has 0 bridgehead atoms. The zero-order chi connectivity index (χ0) is 17.3. The third kappa shape index (κ3) is 3.64. The van der Waals surface area contributed by atoms with Crippen LogP contribution in [0.5, 0.6) is 0 Å². The Labute approximate surface area is 131 Å². The highest BCUT2D eigenvalue weighted by molar-refractivity contribution is 5.92. The van der Waals surface area contributed by atoms with E-state index in [1.54, 1.807) is 0 Å². The average molecular weight is 329 g/mol. The third-order valence-electron chi connectivity index (χ3n) is 4.06. The zero-order valence-corrected chi connectivity index (χ0v) is 12.5. The highest BCUT2D eigenvalue weighted by Crippen LogP contribution is 2.32. The van der Waals surface area contributed by atoms with E-state index in [-0.39, 0.29) is 11.5 Å². The van der Waals surface area contributed by atoms with E-state index < -0.39 is 29.1 Å². The number of carbonyl (C=O) groups excluding carboxylic acids is 2. The molecule has 1 heterocycles. The van der Waals surface area contributed by atoms with Gasteiger partial charge in [-0.15, -0.1) is 0 Å². The maximum absolute atomic E-state index is 12.9. The van der Waals surface area contributed by atoms with Crippen molar-refractivity contribution in [3.63, 3.8) is 0 Å². The SMILES string of the molecule is CC(NC(=O)C1CCNC1)(C(N)=O)c1cccc(C(F)(F)F)c1. The van der Waals surface area contributed by atoms with Crippen LogP contribution in [0.2, 0.25) is 0 Å². The molecule has 1 aromatic carbocycles. The molecule has 1 aromatic rings. The van der Waals surface area contributed by atoms with E-state index in [1.165, 1.54) is 19.1 Å². The van der Waals surface area contributed by atoms with Gasteiger partial charge >= 0.3 is 6.18 Å². The van der Waals surface area contributed by atoms with Gasteiger partial charge in [-0.25, -0.2) is 0 Å². The van der Waals surface area contributed by atoms with E-state index >= 15 is 0 Å². The second kappa shape index (κ2) is 6.19. The lowest BCUT2D eigenvalue weighted by Crippen LogP contribution is -2.54. The van der Waals surface area contributed by atoms with Crippen molar-refractivity contribution in [1.82, 2.24) is 10.6 Å². The number of hydrogen-bond donors (Lipinski definition) is 3. The first-order chi connectivity index (χ1) is 10.6. The van der Waals surface area contributed by atoms with Crippen LogP contribution in [0, 0.1) is 5.92 Å². The fourth-order valence-corrected chi connectivity index (χ4v) is 2.51. The molecule has 4 N–H and O–H groups in total. The Bertz CT molecular complexity index is 612. The van der Waals surface area contributed by atoms with Gasteiger partial charge in [0.15, 0.2) is 0 Å². The second-order valence-electron chi connectivity index (χ2n) is 5.75. The van der Waals surface area contributed by atoms with Crippen molar-refractivity contribution in [2.45, 2.75) is 25.1 Å². The molecule has 1 aliphatic rings. The maximum atomic E-state index is 12.9. The summed E-state index contributed by atoms with van der Waals surface area (Å²) >= 11 is 0. The minimum absolute atomic E-state index is 0.000805. The van der Waals surface area contributed by atoms with Gasteiger partial charge in [-0.3, -0.25) is 9.59 Å². The van der Waals surface area contributed by atoms with Crippen LogP contribution in [0.1, 0.15) is 24.5 Å². The summed E-state index contributed by atoms with van der Waals surface area (Å²) in [4.78, 5) is 24.1. The normalized spacial score (nSPS) is 20.8. The number of alkyl halides is 3. The Morgan fingerprint density at radius 3 is 2.48 bits per heavy atom. The number of amides is 2. The van der Waals surface area contributed by atoms with E-state index in [0.29, 0.717) is 19.5 Å². The molecule has 2 unspecified atom stereocenters. The summed E-state index contributed by atoms with van der Waals surface area (Å²) in [5.74, 6) is -1.66. The molecule has 1 fully saturated rings. The molecule has 2 atom stereocenters. The molecule has 0 spiro atoms. The monoisotopic (exact) mass is 329 g/mol. The quantitative estimate of drug-likeness (QED) is 0.774. The molecule has 8 heteroatoms. The molecule has 2 amide bonds. The highest BCUT2D eigenvalue weighted by Gasteiger charge is 2.39. The number of nitrogens with two attached hydrogens (primary N) is 1. The number of hydrogen-bond acceptors (Lipinski definition) is 3. The molecular formula is C15H18F3N3O2. The van der Waals surface area contributed by atoms with Crippen molar-refractivity contribution in [3.05, 3.63) is 35.4 Å². The summed E-state index contributed by atoms with van der Waals surface area (Å²) in [6, 6.07) is 4.25. The first kappa shape index (κ1) is 17.3. The fraction of sp³-hybridized carbons (Fsp3) is 0.467. The molecule has 0 radical (unpaired) electrons. The number of benzene rings is 1. The molecule has 2 rings (SSSR count). The largest absolute Gasteiger partial charge is 0.416 e. The van der Waals surface area contributed by atoms with Gasteiger partial charge in [-0.05, 0) is 37.6 Å². The van der Waals surface area contributed by atoms with Gasteiger partial charge in [0.1, 0.15) is 5.54 Å². The van der Waals surface area contributed by atoms with Crippen LogP contribution in [0.15, 0.2) is 24.3 Å². The molecule has 126 valence electrons. The van der Waals surface area contributed by atoms with Crippen LogP contribution in [-0.4, -0.2) is 24.9 Å². The fourth-order valence-electron chi connectivity index (χ4n) is 2.51. The van der Waals surface area contributed by atoms with Gasteiger partial charge in [0, 0.05) is 6.54 Å². The number of rotatable bonds is 4. The van der Waals surface area contributed by atoms with Crippen LogP contribution >= 0.6 is 0 Å². The number of halogens is 3. The molecular weight excluding hydrogens is 311 g/mol. The lowest BCUT2D eigenvalue weighted by atomic mass is 9.89. The lowest BCUT2D eigenvalue weighted by Gasteiger charge is -2.29. The van der Waals surface area contributed by atoms with Gasteiger partial charge in [0.05, 0.1) is 11.5 Å². The smallest absolute Gasteiger partial charge is 0.367 e. The van der Waals surface area contributed by atoms with Crippen molar-refractivity contribution >= 4 is 11.8 Å². The first-order valence-corrected chi connectivity index (χ1v) is 7.15. The number of carbonyl (C=O) groups is 2. The zero-order valence-electron chi connectivity index (χ0n) is 12.5. The van der Waals surface area contributed by atoms with E-state index in [9.17, 15) is 22.8 Å². The Balaban J connectivity index is 2.33. The van der Waals surface area contributed by atoms with Crippen molar-refractivity contribution in [3.8, 4) is 0 Å². The molecule has 23 heavy (non-hydrogen) atoms. The van der Waals surface area contributed by atoms with Crippen LogP contribution in [-0.2, 0) is 21.3 Å². The first-order valence-electron chi connectivity index (χ1n) is 7.15. The van der Waals surface area contributed by atoms with E-state index in [0.717, 1.165) is 12.1 Å². The van der Waals surface area contributed by atoms with Crippen molar-refractivity contribution in [2.24, 2.45) is 11.7 Å². The van der Waals surface area contributed by atoms with Gasteiger partial charge in [-0.2, -0.15) is 13.2 Å². The van der Waals surface area contributed by atoms with E-state index in [2.05, 4.69) is 10.6 Å². The molecule has 0 aliphatic carbocycles. The standard InChI is InChI=1S/C15H18F3N3O2/c1-14(13(19)23,21-12(22)9-5-6-20-8-9)10-3-2-4-11(7-10)15(16,17)18/h2-4,7,9,20H,5-6,8H2,1H3,(H2,19,23)(H,21,22). The Morgan fingerprint density at radius 2 is 1.96 bits per heavy atom. The molecule has 1 aliphatic heterocycles. The lowest BCUT2D eigenvalue weighted by molar-refractivity contribution is -0.138. The molecule has 0 aromatic heterocycles. The molecule has 0 saturated carbocycles. The predicted octanol–water partition coefficient (Wildman–Crippen LogP) is 1.13. The average Bonchev–Trinajstić information content (AvgIpc) is 3.00. The van der Waals surface area contributed by atoms with Crippen LogP contribution in [0.3, 0.4) is 0 Å². The summed E-state index contributed by atoms with van der Waals surface area (Å²) in [6.07, 6.45) is -3.95. The summed E-state index contributed by atoms with van der Waals surface area (Å²) in [7, 11) is 0. The molecule has 1 saturated heterocycles. The topological polar surface area (TPSA) is 84.2 Å². The Kier molecular flexibility index (Phi) is 4.65. The Morgan fingerprint density at radius 1 is 1.30 bits per heavy atom. The van der Waals surface area contributed by atoms with Crippen LogP contribution in [0.4, 0.5) is 13.2 Å². The molecule has 5 nitrogen and oxygen atoms in total. The maximum Gasteiger partial charge on any atom is 0.416 e. The van der Waals surface area contributed by atoms with Crippen molar-refractivity contribution in [1.29, 1.82) is 0 Å². The summed E-state index contributed by atoms with van der Waals surface area (Å²) in [5, 5.41) is 5.52. The third-order valence-corrected chi connectivity index (χ3v) is 4.06. The summed E-state index contributed by atoms with van der Waals surface area (Å²) in [6.45, 7) is 2.45. The van der Waals surface area contributed by atoms with E-state index in [1.807, 2.05) is 0 Å². The van der Waals surface area contributed by atoms with Gasteiger partial charge in [0.25, 0.3) is 0 Å². The second-order valence-corrected chi connectivity index (χ2v) is 5.75. The number of nitrogens with one attached hydrogen (secondary N) is 2. The van der Waals surface area contributed by atoms with Gasteiger partial charge in [0.2, 0.25) is 11.8 Å². The minimum atomic E-state index is -4.55. The predicted molar refractivity (Wildman–Crippen MR) is 77.1 cm³/mol. The highest BCUT2D eigenvalue weighted by atomic mass is 19.4. The van der Waals surface area contributed by atoms with Crippen LogP contribution in [0.25, 0.3) is 0 Å².